The summed E-state index contributed by atoms with van der Waals surface area (Å²) in [4.78, 5) is 41.0. The lowest BCUT2D eigenvalue weighted by Crippen LogP contribution is -2.52. The van der Waals surface area contributed by atoms with Crippen molar-refractivity contribution in [1.29, 1.82) is 0 Å². The molecule has 1 fully saturated rings. The van der Waals surface area contributed by atoms with E-state index in [1.165, 1.54) is 4.90 Å². The number of amides is 3. The quantitative estimate of drug-likeness (QED) is 0.787. The maximum Gasteiger partial charge on any atom is 0.255 e. The second kappa shape index (κ2) is 6.03. The molecule has 0 saturated carbocycles. The fourth-order valence-corrected chi connectivity index (χ4v) is 2.63. The molecule has 1 aromatic heterocycles. The predicted octanol–water partition coefficient (Wildman–Crippen LogP) is 1.18. The fourth-order valence-electron chi connectivity index (χ4n) is 2.63. The van der Waals surface area contributed by atoms with E-state index in [0.717, 1.165) is 11.3 Å². The Labute approximate surface area is 123 Å². The van der Waals surface area contributed by atoms with Crippen molar-refractivity contribution in [2.75, 3.05) is 0 Å². The smallest absolute Gasteiger partial charge is 0.255 e. The number of rotatable bonds is 1. The molecule has 21 heavy (non-hydrogen) atoms. The van der Waals surface area contributed by atoms with Gasteiger partial charge in [0.2, 0.25) is 11.8 Å². The Morgan fingerprint density at radius 3 is 2.62 bits per heavy atom. The number of imide groups is 1. The number of aromatic nitrogens is 1. The van der Waals surface area contributed by atoms with E-state index in [1.807, 2.05) is 20.8 Å². The Kier molecular flexibility index (Phi) is 4.35. The molecule has 3 rings (SSSR count). The summed E-state index contributed by atoms with van der Waals surface area (Å²) < 4.78 is 0. The summed E-state index contributed by atoms with van der Waals surface area (Å²) in [5.41, 5.74) is 2.29. The van der Waals surface area contributed by atoms with Crippen LogP contribution in [0, 0.1) is 6.92 Å². The van der Waals surface area contributed by atoms with Crippen LogP contribution in [0.3, 0.4) is 0 Å². The van der Waals surface area contributed by atoms with E-state index < -0.39 is 6.04 Å². The van der Waals surface area contributed by atoms with Gasteiger partial charge in [-0.1, -0.05) is 13.8 Å². The van der Waals surface area contributed by atoms with Crippen LogP contribution in [0.4, 0.5) is 0 Å². The fraction of sp³-hybridized carbons (Fsp3) is 0.467. The van der Waals surface area contributed by atoms with Crippen molar-refractivity contribution >= 4 is 17.7 Å². The molecule has 0 aliphatic carbocycles. The SMILES string of the molecule is CC.Cc1nccc2c1CN(C1CCC(=O)NC1=O)C2=O. The summed E-state index contributed by atoms with van der Waals surface area (Å²) in [6.45, 7) is 6.24. The maximum atomic E-state index is 12.3. The van der Waals surface area contributed by atoms with Gasteiger partial charge in [0.25, 0.3) is 5.91 Å². The zero-order valence-electron chi connectivity index (χ0n) is 12.5. The minimum Gasteiger partial charge on any atom is -0.322 e. The van der Waals surface area contributed by atoms with Gasteiger partial charge in [-0.05, 0) is 19.4 Å². The highest BCUT2D eigenvalue weighted by Crippen LogP contribution is 2.28. The van der Waals surface area contributed by atoms with E-state index in [-0.39, 0.29) is 24.1 Å². The molecule has 2 aliphatic heterocycles. The molecule has 1 unspecified atom stereocenters. The van der Waals surface area contributed by atoms with Gasteiger partial charge in [0.15, 0.2) is 0 Å². The first-order valence-electron chi connectivity index (χ1n) is 7.17. The minimum atomic E-state index is -0.558. The number of aryl methyl sites for hydroxylation is 1. The van der Waals surface area contributed by atoms with Crippen LogP contribution >= 0.6 is 0 Å². The number of carbonyl (C=O) groups excluding carboxylic acids is 3. The zero-order valence-corrected chi connectivity index (χ0v) is 12.5. The van der Waals surface area contributed by atoms with Crippen molar-refractivity contribution in [3.8, 4) is 0 Å². The molecule has 6 nitrogen and oxygen atoms in total. The molecule has 0 spiro atoms. The van der Waals surface area contributed by atoms with Gasteiger partial charge in [-0.25, -0.2) is 0 Å². The molecule has 1 aromatic rings. The van der Waals surface area contributed by atoms with Gasteiger partial charge in [-0.3, -0.25) is 24.7 Å². The molecular weight excluding hydrogens is 270 g/mol. The highest BCUT2D eigenvalue weighted by atomic mass is 16.2. The third-order valence-corrected chi connectivity index (χ3v) is 3.68. The van der Waals surface area contributed by atoms with E-state index >= 15 is 0 Å². The number of carbonyl (C=O) groups is 3. The van der Waals surface area contributed by atoms with Crippen molar-refractivity contribution in [3.63, 3.8) is 0 Å². The molecule has 0 aromatic carbocycles. The lowest BCUT2D eigenvalue weighted by atomic mass is 10.0. The van der Waals surface area contributed by atoms with E-state index in [0.29, 0.717) is 18.5 Å². The van der Waals surface area contributed by atoms with Gasteiger partial charge >= 0.3 is 0 Å². The van der Waals surface area contributed by atoms with Gasteiger partial charge in [-0.15, -0.1) is 0 Å². The summed E-state index contributed by atoms with van der Waals surface area (Å²) in [7, 11) is 0. The Morgan fingerprint density at radius 1 is 1.29 bits per heavy atom. The van der Waals surface area contributed by atoms with Crippen LogP contribution in [0.2, 0.25) is 0 Å². The molecule has 3 heterocycles. The topological polar surface area (TPSA) is 79.4 Å². The number of piperidine rings is 1. The van der Waals surface area contributed by atoms with Gasteiger partial charge in [0, 0.05) is 36.0 Å². The highest BCUT2D eigenvalue weighted by Gasteiger charge is 2.39. The summed E-state index contributed by atoms with van der Waals surface area (Å²) in [5.74, 6) is -0.818. The summed E-state index contributed by atoms with van der Waals surface area (Å²) in [6, 6.07) is 1.12. The maximum absolute atomic E-state index is 12.3. The first-order chi connectivity index (χ1) is 10.1. The van der Waals surface area contributed by atoms with Crippen LogP contribution in [0.1, 0.15) is 48.3 Å². The normalized spacial score (nSPS) is 20.6. The Balaban J connectivity index is 0.000000774. The Morgan fingerprint density at radius 2 is 2.00 bits per heavy atom. The zero-order chi connectivity index (χ0) is 15.6. The molecule has 2 aliphatic rings. The average molecular weight is 289 g/mol. The average Bonchev–Trinajstić information content (AvgIpc) is 2.80. The van der Waals surface area contributed by atoms with E-state index in [9.17, 15) is 14.4 Å². The molecule has 6 heteroatoms. The molecule has 1 saturated heterocycles. The van der Waals surface area contributed by atoms with E-state index in [4.69, 9.17) is 0 Å². The number of hydrogen-bond acceptors (Lipinski definition) is 4. The molecule has 0 radical (unpaired) electrons. The third kappa shape index (κ3) is 2.66. The summed E-state index contributed by atoms with van der Waals surface area (Å²) in [6.07, 6.45) is 2.25. The minimum absolute atomic E-state index is 0.157. The monoisotopic (exact) mass is 289 g/mol. The third-order valence-electron chi connectivity index (χ3n) is 3.68. The standard InChI is InChI=1S/C13H13N3O3.C2H6/c1-7-9-6-16(13(19)8(9)4-5-14-7)10-2-3-11(17)15-12(10)18;1-2/h4-5,10H,2-3,6H2,1H3,(H,15,17,18);1-2H3. The predicted molar refractivity (Wildman–Crippen MR) is 76.4 cm³/mol. The highest BCUT2D eigenvalue weighted by molar-refractivity contribution is 6.05. The summed E-state index contributed by atoms with van der Waals surface area (Å²) in [5, 5.41) is 2.28. The lowest BCUT2D eigenvalue weighted by Gasteiger charge is -2.29. The first-order valence-corrected chi connectivity index (χ1v) is 7.17. The number of fused-ring (bicyclic) bond motifs is 1. The number of nitrogens with one attached hydrogen (secondary N) is 1. The van der Waals surface area contributed by atoms with Crippen molar-refractivity contribution in [1.82, 2.24) is 15.2 Å². The van der Waals surface area contributed by atoms with E-state index in [2.05, 4.69) is 10.3 Å². The largest absolute Gasteiger partial charge is 0.322 e. The Hall–Kier alpha value is -2.24. The Bertz CT molecular complexity index is 598. The molecular formula is C15H19N3O3. The molecule has 1 N–H and O–H groups in total. The first kappa shape index (κ1) is 15.2. The van der Waals surface area contributed by atoms with Crippen LogP contribution in [0.5, 0.6) is 0 Å². The number of pyridine rings is 1. The molecule has 3 amide bonds. The summed E-state index contributed by atoms with van der Waals surface area (Å²) >= 11 is 0. The van der Waals surface area contributed by atoms with Crippen LogP contribution in [0.25, 0.3) is 0 Å². The van der Waals surface area contributed by atoms with Crippen LogP contribution < -0.4 is 5.32 Å². The molecule has 112 valence electrons. The molecule has 0 bridgehead atoms. The van der Waals surface area contributed by atoms with Crippen molar-refractivity contribution in [2.45, 2.75) is 46.2 Å². The van der Waals surface area contributed by atoms with Gasteiger partial charge < -0.3 is 4.90 Å². The number of hydrogen-bond donors (Lipinski definition) is 1. The van der Waals surface area contributed by atoms with Gasteiger partial charge in [0.05, 0.1) is 0 Å². The number of nitrogens with zero attached hydrogens (tertiary/aromatic N) is 2. The van der Waals surface area contributed by atoms with Crippen LogP contribution in [-0.4, -0.2) is 33.6 Å². The van der Waals surface area contributed by atoms with Crippen LogP contribution in [-0.2, 0) is 16.1 Å². The van der Waals surface area contributed by atoms with Gasteiger partial charge in [-0.2, -0.15) is 0 Å². The van der Waals surface area contributed by atoms with Crippen molar-refractivity contribution in [2.24, 2.45) is 0 Å². The lowest BCUT2D eigenvalue weighted by molar-refractivity contribution is -0.136. The second-order valence-electron chi connectivity index (χ2n) is 4.82. The second-order valence-corrected chi connectivity index (χ2v) is 4.82. The van der Waals surface area contributed by atoms with Crippen LogP contribution in [0.15, 0.2) is 12.3 Å². The van der Waals surface area contributed by atoms with Crippen molar-refractivity contribution < 1.29 is 14.4 Å². The van der Waals surface area contributed by atoms with E-state index in [1.54, 1.807) is 12.3 Å². The van der Waals surface area contributed by atoms with Gasteiger partial charge in [0.1, 0.15) is 6.04 Å². The molecule has 1 atom stereocenters. The van der Waals surface area contributed by atoms with Crippen molar-refractivity contribution in [3.05, 3.63) is 29.1 Å².